The van der Waals surface area contributed by atoms with Gasteiger partial charge in [-0.25, -0.2) is 4.98 Å². The minimum absolute atomic E-state index is 0.0585. The number of pyridine rings is 1. The topological polar surface area (TPSA) is 51.7 Å². The first-order chi connectivity index (χ1) is 11.1. The summed E-state index contributed by atoms with van der Waals surface area (Å²) in [5, 5.41) is 0.784. The molecule has 23 heavy (non-hydrogen) atoms. The zero-order chi connectivity index (χ0) is 16.4. The molecule has 0 spiro atoms. The van der Waals surface area contributed by atoms with Crippen LogP contribution in [0, 0.1) is 0 Å². The Labute approximate surface area is 141 Å². The maximum atomic E-state index is 13.1. The summed E-state index contributed by atoms with van der Waals surface area (Å²) in [6.45, 7) is 0.733. The molecule has 2 fully saturated rings. The molecule has 5 nitrogen and oxygen atoms in total. The number of fused-ring (bicyclic) bond motifs is 1. The molecule has 0 aromatic carbocycles. The van der Waals surface area contributed by atoms with Gasteiger partial charge in [0.25, 0.3) is 5.91 Å². The number of ether oxygens (including phenoxy) is 2. The fourth-order valence-corrected chi connectivity index (χ4v) is 4.53. The number of hydrogen-bond donors (Lipinski definition) is 0. The summed E-state index contributed by atoms with van der Waals surface area (Å²) >= 11 is 1.51. The second-order valence-corrected chi connectivity index (χ2v) is 7.02. The summed E-state index contributed by atoms with van der Waals surface area (Å²) in [5.74, 6) is 0.0585. The van der Waals surface area contributed by atoms with Crippen LogP contribution in [0.25, 0.3) is 0 Å². The average Bonchev–Trinajstić information content (AvgIpc) is 3.00. The molecule has 1 aromatic heterocycles. The predicted octanol–water partition coefficient (Wildman–Crippen LogP) is 2.60. The molecule has 0 radical (unpaired) electrons. The van der Waals surface area contributed by atoms with Gasteiger partial charge < -0.3 is 14.4 Å². The second-order valence-electron chi connectivity index (χ2n) is 6.23. The molecule has 6 heteroatoms. The van der Waals surface area contributed by atoms with Crippen molar-refractivity contribution in [3.8, 4) is 0 Å². The van der Waals surface area contributed by atoms with E-state index in [0.29, 0.717) is 5.56 Å². The van der Waals surface area contributed by atoms with Crippen LogP contribution in [0.1, 0.15) is 36.0 Å². The molecule has 3 atom stereocenters. The van der Waals surface area contributed by atoms with Crippen molar-refractivity contribution in [2.24, 2.45) is 0 Å². The lowest BCUT2D eigenvalue weighted by Crippen LogP contribution is -2.53. The van der Waals surface area contributed by atoms with Gasteiger partial charge in [-0.05, 0) is 44.1 Å². The molecule has 2 aliphatic rings. The molecule has 1 aliphatic carbocycles. The molecule has 1 saturated carbocycles. The van der Waals surface area contributed by atoms with Gasteiger partial charge in [0.05, 0.1) is 23.3 Å². The summed E-state index contributed by atoms with van der Waals surface area (Å²) in [6.07, 6.45) is 7.55. The zero-order valence-electron chi connectivity index (χ0n) is 13.9. The quantitative estimate of drug-likeness (QED) is 0.791. The van der Waals surface area contributed by atoms with Crippen molar-refractivity contribution in [2.75, 3.05) is 27.0 Å². The van der Waals surface area contributed by atoms with Gasteiger partial charge in [0.15, 0.2) is 0 Å². The van der Waals surface area contributed by atoms with Gasteiger partial charge in [0.1, 0.15) is 5.03 Å². The van der Waals surface area contributed by atoms with Crippen molar-refractivity contribution in [3.63, 3.8) is 0 Å². The third kappa shape index (κ3) is 2.88. The Balaban J connectivity index is 1.89. The smallest absolute Gasteiger partial charge is 0.256 e. The van der Waals surface area contributed by atoms with Crippen LogP contribution in [0.3, 0.4) is 0 Å². The predicted molar refractivity (Wildman–Crippen MR) is 89.8 cm³/mol. The Morgan fingerprint density at radius 3 is 2.96 bits per heavy atom. The molecule has 1 saturated heterocycles. The summed E-state index contributed by atoms with van der Waals surface area (Å²) in [5.41, 5.74) is 0.471. The molecular weight excluding hydrogens is 312 g/mol. The summed E-state index contributed by atoms with van der Waals surface area (Å²) in [7, 11) is 3.52. The minimum Gasteiger partial charge on any atom is -0.381 e. The van der Waals surface area contributed by atoms with E-state index in [2.05, 4.69) is 4.98 Å². The Kier molecular flexibility index (Phi) is 4.94. The van der Waals surface area contributed by atoms with Crippen molar-refractivity contribution in [2.45, 2.75) is 48.5 Å². The summed E-state index contributed by atoms with van der Waals surface area (Å²) in [6, 6.07) is 3.77. The van der Waals surface area contributed by atoms with E-state index in [9.17, 15) is 4.79 Å². The third-order valence-electron chi connectivity index (χ3n) is 5.33. The molecule has 1 aliphatic heterocycles. The Hall–Kier alpha value is -1.11. The van der Waals surface area contributed by atoms with Crippen molar-refractivity contribution < 1.29 is 14.3 Å². The molecule has 0 unspecified atom stereocenters. The minimum atomic E-state index is -0.216. The molecule has 1 amide bonds. The van der Waals surface area contributed by atoms with E-state index in [1.54, 1.807) is 20.4 Å². The molecule has 1 aromatic rings. The van der Waals surface area contributed by atoms with Crippen LogP contribution < -0.4 is 0 Å². The van der Waals surface area contributed by atoms with E-state index < -0.39 is 0 Å². The number of carbonyl (C=O) groups is 1. The monoisotopic (exact) mass is 336 g/mol. The standard InChI is InChI=1S/C17H24N2O3S/c1-21-12-6-7-17(22-2)8-10-19(14(17)11-12)16(20)13-5-4-9-18-15(13)23-3/h4-5,9,12,14H,6-8,10-11H2,1-3H3/t12-,14-,17+/m0/s1. The SMILES string of the molecule is CO[C@H]1CC[C@@]2(OC)CCN(C(=O)c3cccnc3SC)[C@H]2C1. The highest BCUT2D eigenvalue weighted by molar-refractivity contribution is 7.98. The molecule has 0 N–H and O–H groups in total. The maximum Gasteiger partial charge on any atom is 0.256 e. The Morgan fingerprint density at radius 1 is 1.43 bits per heavy atom. The Morgan fingerprint density at radius 2 is 2.26 bits per heavy atom. The first-order valence-electron chi connectivity index (χ1n) is 8.03. The van der Waals surface area contributed by atoms with E-state index in [-0.39, 0.29) is 23.7 Å². The Bertz CT molecular complexity index is 583. The van der Waals surface area contributed by atoms with Crippen LogP contribution in [-0.2, 0) is 9.47 Å². The van der Waals surface area contributed by atoms with E-state index in [1.165, 1.54) is 11.8 Å². The van der Waals surface area contributed by atoms with Crippen LogP contribution >= 0.6 is 11.8 Å². The van der Waals surface area contributed by atoms with Gasteiger partial charge in [0, 0.05) is 27.0 Å². The van der Waals surface area contributed by atoms with Crippen molar-refractivity contribution >= 4 is 17.7 Å². The number of amides is 1. The van der Waals surface area contributed by atoms with Crippen LogP contribution in [0.2, 0.25) is 0 Å². The van der Waals surface area contributed by atoms with Gasteiger partial charge in [-0.15, -0.1) is 11.8 Å². The fourth-order valence-electron chi connectivity index (χ4n) is 3.99. The van der Waals surface area contributed by atoms with E-state index in [4.69, 9.17) is 9.47 Å². The molecule has 2 heterocycles. The summed E-state index contributed by atoms with van der Waals surface area (Å²) in [4.78, 5) is 19.4. The summed E-state index contributed by atoms with van der Waals surface area (Å²) < 4.78 is 11.5. The first-order valence-corrected chi connectivity index (χ1v) is 9.25. The highest BCUT2D eigenvalue weighted by Crippen LogP contribution is 2.43. The number of hydrogen-bond acceptors (Lipinski definition) is 5. The van der Waals surface area contributed by atoms with Crippen LogP contribution in [0.15, 0.2) is 23.4 Å². The van der Waals surface area contributed by atoms with Crippen molar-refractivity contribution in [1.82, 2.24) is 9.88 Å². The number of nitrogens with zero attached hydrogens (tertiary/aromatic N) is 2. The van der Waals surface area contributed by atoms with E-state index >= 15 is 0 Å². The lowest BCUT2D eigenvalue weighted by Gasteiger charge is -2.43. The molecular formula is C17H24N2O3S. The fraction of sp³-hybridized carbons (Fsp3) is 0.647. The molecule has 3 rings (SSSR count). The van der Waals surface area contributed by atoms with Crippen molar-refractivity contribution in [3.05, 3.63) is 23.9 Å². The lowest BCUT2D eigenvalue weighted by atomic mass is 9.79. The number of methoxy groups -OCH3 is 2. The largest absolute Gasteiger partial charge is 0.381 e. The van der Waals surface area contributed by atoms with Gasteiger partial charge in [0.2, 0.25) is 0 Å². The highest BCUT2D eigenvalue weighted by atomic mass is 32.2. The van der Waals surface area contributed by atoms with Crippen LogP contribution in [-0.4, -0.2) is 60.6 Å². The van der Waals surface area contributed by atoms with Crippen molar-refractivity contribution in [1.29, 1.82) is 0 Å². The average molecular weight is 336 g/mol. The number of carbonyl (C=O) groups excluding carboxylic acids is 1. The van der Waals surface area contributed by atoms with Gasteiger partial charge in [-0.1, -0.05) is 0 Å². The number of thioether (sulfide) groups is 1. The second kappa shape index (κ2) is 6.79. The van der Waals surface area contributed by atoms with Gasteiger partial charge in [-0.3, -0.25) is 4.79 Å². The number of aromatic nitrogens is 1. The van der Waals surface area contributed by atoms with Gasteiger partial charge in [-0.2, -0.15) is 0 Å². The normalized spacial score (nSPS) is 30.3. The molecule has 0 bridgehead atoms. The maximum absolute atomic E-state index is 13.1. The van der Waals surface area contributed by atoms with E-state index in [1.807, 2.05) is 23.3 Å². The third-order valence-corrected chi connectivity index (χ3v) is 6.04. The first kappa shape index (κ1) is 16.7. The number of likely N-dealkylation sites (tertiary alicyclic amines) is 1. The lowest BCUT2D eigenvalue weighted by molar-refractivity contribution is -0.0894. The van der Waals surface area contributed by atoms with Gasteiger partial charge >= 0.3 is 0 Å². The highest BCUT2D eigenvalue weighted by Gasteiger charge is 2.52. The van der Waals surface area contributed by atoms with E-state index in [0.717, 1.165) is 37.3 Å². The van der Waals surface area contributed by atoms with Crippen LogP contribution in [0.5, 0.6) is 0 Å². The molecule has 126 valence electrons. The van der Waals surface area contributed by atoms with Crippen LogP contribution in [0.4, 0.5) is 0 Å². The zero-order valence-corrected chi connectivity index (χ0v) is 14.8. The number of rotatable bonds is 4.